The van der Waals surface area contributed by atoms with Crippen LogP contribution in [0.4, 0.5) is 0 Å². The maximum Gasteiger partial charge on any atom is 0.0953 e. The highest BCUT2D eigenvalue weighted by molar-refractivity contribution is 7.76. The van der Waals surface area contributed by atoms with Gasteiger partial charge in [-0.1, -0.05) is 44.2 Å². The standard InChI is InChI=1S/C19H34OP.HI/c1-7-21(8-2,9-3)16(4)18(20)19(5,6)15-17-13-11-10-12-14-17;/h10-14,16,18,20H,7-9,15H2,1-6H3;1H/q+1;/p-1/t16-,18+;/m0./s1. The van der Waals surface area contributed by atoms with Crippen LogP contribution < -0.4 is 24.0 Å². The van der Waals surface area contributed by atoms with Crippen molar-refractivity contribution in [3.8, 4) is 0 Å². The molecule has 1 N–H and O–H groups in total. The Labute approximate surface area is 155 Å². The molecule has 0 saturated heterocycles. The summed E-state index contributed by atoms with van der Waals surface area (Å²) in [5, 5.41) is 11.1. The highest BCUT2D eigenvalue weighted by atomic mass is 127. The second-order valence-electron chi connectivity index (χ2n) is 7.00. The van der Waals surface area contributed by atoms with Gasteiger partial charge in [-0.05, 0) is 45.1 Å². The number of benzene rings is 1. The lowest BCUT2D eigenvalue weighted by molar-refractivity contribution is -0.00000624. The lowest BCUT2D eigenvalue weighted by Gasteiger charge is -2.40. The van der Waals surface area contributed by atoms with Crippen LogP contribution in [0.1, 0.15) is 47.1 Å². The topological polar surface area (TPSA) is 20.2 Å². The molecule has 0 fully saturated rings. The third kappa shape index (κ3) is 5.18. The van der Waals surface area contributed by atoms with Crippen LogP contribution in [0.5, 0.6) is 0 Å². The molecule has 1 rings (SSSR count). The zero-order chi connectivity index (χ0) is 16.1. The van der Waals surface area contributed by atoms with Crippen LogP contribution in [0.25, 0.3) is 0 Å². The molecule has 22 heavy (non-hydrogen) atoms. The van der Waals surface area contributed by atoms with Gasteiger partial charge < -0.3 is 29.1 Å². The van der Waals surface area contributed by atoms with Gasteiger partial charge in [0.1, 0.15) is 0 Å². The Balaban J connectivity index is 0.00000441. The van der Waals surface area contributed by atoms with E-state index >= 15 is 0 Å². The summed E-state index contributed by atoms with van der Waals surface area (Å²) in [7, 11) is -1.04. The van der Waals surface area contributed by atoms with Crippen molar-refractivity contribution in [2.45, 2.75) is 59.7 Å². The molecule has 0 aromatic heterocycles. The molecule has 2 atom stereocenters. The van der Waals surface area contributed by atoms with Crippen LogP contribution >= 0.6 is 7.26 Å². The van der Waals surface area contributed by atoms with E-state index in [-0.39, 0.29) is 35.5 Å². The second kappa shape index (κ2) is 9.59. The first kappa shape index (κ1) is 22.3. The second-order valence-corrected chi connectivity index (χ2v) is 12.2. The molecule has 0 spiro atoms. The SMILES string of the molecule is CC[P+](CC)(CC)[C@@H](C)[C@@H](O)C(C)(C)Cc1ccccc1.[I-]. The van der Waals surface area contributed by atoms with Crippen molar-refractivity contribution < 1.29 is 29.1 Å². The first-order valence-corrected chi connectivity index (χ1v) is 10.8. The zero-order valence-electron chi connectivity index (χ0n) is 15.1. The van der Waals surface area contributed by atoms with Crippen LogP contribution in [0.3, 0.4) is 0 Å². The van der Waals surface area contributed by atoms with Crippen molar-refractivity contribution in [2.24, 2.45) is 5.41 Å². The Bertz CT molecular complexity index is 406. The molecule has 0 heterocycles. The fourth-order valence-electron chi connectivity index (χ4n) is 3.71. The van der Waals surface area contributed by atoms with E-state index in [1.54, 1.807) is 0 Å². The smallest absolute Gasteiger partial charge is 0.0953 e. The van der Waals surface area contributed by atoms with Gasteiger partial charge in [-0.2, -0.15) is 0 Å². The molecule has 1 nitrogen and oxygen atoms in total. The number of halogens is 1. The fourth-order valence-corrected chi connectivity index (χ4v) is 7.79. The minimum atomic E-state index is -1.04. The summed E-state index contributed by atoms with van der Waals surface area (Å²) < 4.78 is 0. The lowest BCUT2D eigenvalue weighted by atomic mass is 9.79. The highest BCUT2D eigenvalue weighted by Crippen LogP contribution is 2.64. The summed E-state index contributed by atoms with van der Waals surface area (Å²) in [5.41, 5.74) is 1.67. The van der Waals surface area contributed by atoms with Gasteiger partial charge in [-0.15, -0.1) is 0 Å². The number of hydrogen-bond donors (Lipinski definition) is 1. The van der Waals surface area contributed by atoms with Gasteiger partial charge in [0.15, 0.2) is 0 Å². The quantitative estimate of drug-likeness (QED) is 0.489. The van der Waals surface area contributed by atoms with Crippen LogP contribution in [-0.2, 0) is 6.42 Å². The molecule has 0 bridgehead atoms. The Hall–Kier alpha value is 0.340. The van der Waals surface area contributed by atoms with Gasteiger partial charge in [0, 0.05) is 7.26 Å². The van der Waals surface area contributed by atoms with Crippen molar-refractivity contribution in [3.05, 3.63) is 35.9 Å². The van der Waals surface area contributed by atoms with Gasteiger partial charge in [-0.25, -0.2) is 0 Å². The average molecular weight is 436 g/mol. The first-order chi connectivity index (χ1) is 9.83. The summed E-state index contributed by atoms with van der Waals surface area (Å²) >= 11 is 0. The lowest BCUT2D eigenvalue weighted by Crippen LogP contribution is -3.00. The molecular weight excluding hydrogens is 402 g/mol. The predicted octanol–water partition coefficient (Wildman–Crippen LogP) is 2.09. The number of aliphatic hydroxyl groups is 1. The van der Waals surface area contributed by atoms with Crippen LogP contribution in [-0.4, -0.2) is 35.4 Å². The van der Waals surface area contributed by atoms with Crippen LogP contribution in [0, 0.1) is 5.41 Å². The average Bonchev–Trinajstić information content (AvgIpc) is 2.49. The van der Waals surface area contributed by atoms with Gasteiger partial charge in [0.05, 0.1) is 30.2 Å². The molecular formula is C19H34IOP. The maximum atomic E-state index is 11.1. The van der Waals surface area contributed by atoms with Gasteiger partial charge in [0.2, 0.25) is 0 Å². The van der Waals surface area contributed by atoms with Crippen LogP contribution in [0.2, 0.25) is 0 Å². The molecule has 0 amide bonds. The number of rotatable bonds is 8. The van der Waals surface area contributed by atoms with E-state index in [0.717, 1.165) is 6.42 Å². The van der Waals surface area contributed by atoms with Crippen molar-refractivity contribution in [1.82, 2.24) is 0 Å². The normalized spacial score (nSPS) is 15.0. The monoisotopic (exact) mass is 436 g/mol. The Morgan fingerprint density at radius 1 is 1.00 bits per heavy atom. The number of hydrogen-bond acceptors (Lipinski definition) is 1. The fraction of sp³-hybridized carbons (Fsp3) is 0.684. The summed E-state index contributed by atoms with van der Waals surface area (Å²) in [6.45, 7) is 13.7. The van der Waals surface area contributed by atoms with Crippen LogP contribution in [0.15, 0.2) is 30.3 Å². The third-order valence-electron chi connectivity index (χ3n) is 5.51. The van der Waals surface area contributed by atoms with Crippen molar-refractivity contribution in [3.63, 3.8) is 0 Å². The minimum absolute atomic E-state index is 0. The van der Waals surface area contributed by atoms with E-state index in [1.165, 1.54) is 24.0 Å². The molecule has 0 aliphatic rings. The zero-order valence-corrected chi connectivity index (χ0v) is 18.2. The maximum absolute atomic E-state index is 11.1. The first-order valence-electron chi connectivity index (χ1n) is 8.40. The van der Waals surface area contributed by atoms with Gasteiger partial charge >= 0.3 is 0 Å². The molecule has 0 radical (unpaired) electrons. The Kier molecular flexibility index (Phi) is 9.74. The molecule has 0 aliphatic heterocycles. The third-order valence-corrected chi connectivity index (χ3v) is 11.3. The van der Waals surface area contributed by atoms with Crippen molar-refractivity contribution >= 4 is 7.26 Å². The molecule has 1 aromatic rings. The molecule has 3 heteroatoms. The van der Waals surface area contributed by atoms with Crippen molar-refractivity contribution in [1.29, 1.82) is 0 Å². The van der Waals surface area contributed by atoms with Gasteiger partial charge in [-0.3, -0.25) is 0 Å². The summed E-state index contributed by atoms with van der Waals surface area (Å²) in [4.78, 5) is 0. The molecule has 0 unspecified atom stereocenters. The predicted molar refractivity (Wildman–Crippen MR) is 97.9 cm³/mol. The Morgan fingerprint density at radius 3 is 1.86 bits per heavy atom. The summed E-state index contributed by atoms with van der Waals surface area (Å²) in [5.74, 6) is 0. The minimum Gasteiger partial charge on any atom is -1.00 e. The molecule has 1 aromatic carbocycles. The molecule has 0 aliphatic carbocycles. The van der Waals surface area contributed by atoms with E-state index in [4.69, 9.17) is 0 Å². The highest BCUT2D eigenvalue weighted by Gasteiger charge is 2.46. The van der Waals surface area contributed by atoms with Gasteiger partial charge in [0.25, 0.3) is 0 Å². The summed E-state index contributed by atoms with van der Waals surface area (Å²) in [6, 6.07) is 10.6. The Morgan fingerprint density at radius 2 is 1.45 bits per heavy atom. The molecule has 128 valence electrons. The van der Waals surface area contributed by atoms with E-state index in [0.29, 0.717) is 5.66 Å². The largest absolute Gasteiger partial charge is 1.00 e. The number of aliphatic hydroxyl groups excluding tert-OH is 1. The molecule has 0 saturated carbocycles. The van der Waals surface area contributed by atoms with E-state index < -0.39 is 7.26 Å². The van der Waals surface area contributed by atoms with E-state index in [1.807, 2.05) is 0 Å². The van der Waals surface area contributed by atoms with Crippen molar-refractivity contribution in [2.75, 3.05) is 18.5 Å². The van der Waals surface area contributed by atoms with E-state index in [2.05, 4.69) is 71.9 Å². The van der Waals surface area contributed by atoms with E-state index in [9.17, 15) is 5.11 Å². The summed E-state index contributed by atoms with van der Waals surface area (Å²) in [6.07, 6.45) is 4.46.